The standard InChI is InChI=1S/C16H15Cl2NO2/c1-10(2)19-16(20)11-4-3-5-14(6-11)21-15-8-12(17)7-13(18)9-15/h3-10H,1-2H3,(H,19,20). The number of nitrogens with one attached hydrogen (secondary N) is 1. The van der Waals surface area contributed by atoms with Crippen LogP contribution in [0.1, 0.15) is 24.2 Å². The van der Waals surface area contributed by atoms with Gasteiger partial charge in [-0.15, -0.1) is 0 Å². The molecule has 0 heterocycles. The third-order valence-electron chi connectivity index (χ3n) is 2.59. The van der Waals surface area contributed by atoms with Gasteiger partial charge in [-0.25, -0.2) is 0 Å². The minimum atomic E-state index is -0.139. The number of carbonyl (C=O) groups excluding carboxylic acids is 1. The summed E-state index contributed by atoms with van der Waals surface area (Å²) in [6.45, 7) is 3.82. The number of carbonyl (C=O) groups is 1. The Kier molecular flexibility index (Phi) is 5.10. The van der Waals surface area contributed by atoms with Crippen molar-refractivity contribution in [1.29, 1.82) is 0 Å². The van der Waals surface area contributed by atoms with E-state index in [2.05, 4.69) is 5.32 Å². The van der Waals surface area contributed by atoms with Crippen LogP contribution in [-0.2, 0) is 0 Å². The number of amides is 1. The van der Waals surface area contributed by atoms with Crippen LogP contribution in [0.2, 0.25) is 10.0 Å². The SMILES string of the molecule is CC(C)NC(=O)c1cccc(Oc2cc(Cl)cc(Cl)c2)c1. The van der Waals surface area contributed by atoms with Crippen LogP contribution < -0.4 is 10.1 Å². The molecule has 5 heteroatoms. The Balaban J connectivity index is 2.19. The van der Waals surface area contributed by atoms with Crippen LogP contribution in [-0.4, -0.2) is 11.9 Å². The van der Waals surface area contributed by atoms with Gasteiger partial charge in [0.1, 0.15) is 11.5 Å². The summed E-state index contributed by atoms with van der Waals surface area (Å²) in [5, 5.41) is 3.82. The summed E-state index contributed by atoms with van der Waals surface area (Å²) in [5.74, 6) is 0.929. The number of halogens is 2. The molecule has 0 spiro atoms. The van der Waals surface area contributed by atoms with Crippen molar-refractivity contribution in [2.75, 3.05) is 0 Å². The zero-order valence-corrected chi connectivity index (χ0v) is 13.2. The predicted octanol–water partition coefficient (Wildman–Crippen LogP) is 4.92. The Morgan fingerprint density at radius 2 is 1.71 bits per heavy atom. The molecule has 0 fully saturated rings. The van der Waals surface area contributed by atoms with E-state index in [1.807, 2.05) is 13.8 Å². The van der Waals surface area contributed by atoms with Gasteiger partial charge >= 0.3 is 0 Å². The quantitative estimate of drug-likeness (QED) is 0.866. The van der Waals surface area contributed by atoms with Gasteiger partial charge in [0.2, 0.25) is 0 Å². The second-order valence-electron chi connectivity index (χ2n) is 4.86. The first-order valence-corrected chi connectivity index (χ1v) is 7.24. The van der Waals surface area contributed by atoms with Crippen LogP contribution >= 0.6 is 23.2 Å². The average Bonchev–Trinajstić information content (AvgIpc) is 2.37. The van der Waals surface area contributed by atoms with Crippen molar-refractivity contribution >= 4 is 29.1 Å². The van der Waals surface area contributed by atoms with Crippen molar-refractivity contribution in [1.82, 2.24) is 5.32 Å². The van der Waals surface area contributed by atoms with Crippen molar-refractivity contribution in [2.24, 2.45) is 0 Å². The highest BCUT2D eigenvalue weighted by molar-refractivity contribution is 6.34. The second-order valence-corrected chi connectivity index (χ2v) is 5.74. The van der Waals surface area contributed by atoms with Crippen molar-refractivity contribution in [3.63, 3.8) is 0 Å². The van der Waals surface area contributed by atoms with E-state index in [9.17, 15) is 4.79 Å². The molecule has 1 N–H and O–H groups in total. The Morgan fingerprint density at radius 3 is 2.33 bits per heavy atom. The summed E-state index contributed by atoms with van der Waals surface area (Å²) in [6, 6.07) is 12.0. The maximum atomic E-state index is 12.0. The molecule has 0 aliphatic rings. The second kappa shape index (κ2) is 6.83. The molecule has 0 atom stereocenters. The first-order valence-electron chi connectivity index (χ1n) is 6.49. The summed E-state index contributed by atoms with van der Waals surface area (Å²) in [6.07, 6.45) is 0. The monoisotopic (exact) mass is 323 g/mol. The number of rotatable bonds is 4. The molecule has 0 saturated carbocycles. The van der Waals surface area contributed by atoms with Gasteiger partial charge in [-0.1, -0.05) is 29.3 Å². The summed E-state index contributed by atoms with van der Waals surface area (Å²) in [4.78, 5) is 12.0. The lowest BCUT2D eigenvalue weighted by atomic mass is 10.2. The molecule has 0 bridgehead atoms. The Hall–Kier alpha value is -1.71. The molecule has 0 saturated heterocycles. The summed E-state index contributed by atoms with van der Waals surface area (Å²) in [5.41, 5.74) is 0.536. The Labute approximate surface area is 133 Å². The first kappa shape index (κ1) is 15.7. The number of benzene rings is 2. The molecule has 2 aromatic carbocycles. The van der Waals surface area contributed by atoms with Gasteiger partial charge in [0.05, 0.1) is 0 Å². The summed E-state index contributed by atoms with van der Waals surface area (Å²) >= 11 is 11.9. The molecule has 110 valence electrons. The molecule has 2 aromatic rings. The van der Waals surface area contributed by atoms with E-state index in [0.29, 0.717) is 27.1 Å². The predicted molar refractivity (Wildman–Crippen MR) is 85.6 cm³/mol. The smallest absolute Gasteiger partial charge is 0.251 e. The van der Waals surface area contributed by atoms with Gasteiger partial charge in [-0.05, 0) is 50.2 Å². The van der Waals surface area contributed by atoms with Crippen molar-refractivity contribution in [2.45, 2.75) is 19.9 Å². The van der Waals surface area contributed by atoms with Gasteiger partial charge in [0, 0.05) is 21.7 Å². The summed E-state index contributed by atoms with van der Waals surface area (Å²) < 4.78 is 5.69. The highest BCUT2D eigenvalue weighted by Crippen LogP contribution is 2.28. The van der Waals surface area contributed by atoms with Crippen LogP contribution in [0.3, 0.4) is 0 Å². The van der Waals surface area contributed by atoms with Gasteiger partial charge in [0.25, 0.3) is 5.91 Å². The number of ether oxygens (including phenoxy) is 1. The van der Waals surface area contributed by atoms with Crippen LogP contribution in [0.25, 0.3) is 0 Å². The largest absolute Gasteiger partial charge is 0.457 e. The molecule has 0 aliphatic heterocycles. The van der Waals surface area contributed by atoms with Crippen molar-refractivity contribution < 1.29 is 9.53 Å². The van der Waals surface area contributed by atoms with Gasteiger partial charge in [-0.2, -0.15) is 0 Å². The lowest BCUT2D eigenvalue weighted by molar-refractivity contribution is 0.0943. The third-order valence-corrected chi connectivity index (χ3v) is 3.02. The van der Waals surface area contributed by atoms with E-state index < -0.39 is 0 Å². The van der Waals surface area contributed by atoms with Gasteiger partial charge < -0.3 is 10.1 Å². The van der Waals surface area contributed by atoms with Crippen molar-refractivity contribution in [3.8, 4) is 11.5 Å². The van der Waals surface area contributed by atoms with E-state index in [-0.39, 0.29) is 11.9 Å². The maximum absolute atomic E-state index is 12.0. The minimum absolute atomic E-state index is 0.0776. The third kappa shape index (κ3) is 4.66. The molecule has 21 heavy (non-hydrogen) atoms. The molecule has 3 nitrogen and oxygen atoms in total. The van der Waals surface area contributed by atoms with E-state index in [4.69, 9.17) is 27.9 Å². The summed E-state index contributed by atoms with van der Waals surface area (Å²) in [7, 11) is 0. The van der Waals surface area contributed by atoms with Crippen LogP contribution in [0.4, 0.5) is 0 Å². The zero-order valence-electron chi connectivity index (χ0n) is 11.7. The van der Waals surface area contributed by atoms with E-state index in [1.165, 1.54) is 0 Å². The highest BCUT2D eigenvalue weighted by atomic mass is 35.5. The number of hydrogen-bond acceptors (Lipinski definition) is 2. The molecule has 0 aromatic heterocycles. The van der Waals surface area contributed by atoms with E-state index in [0.717, 1.165) is 0 Å². The molecular weight excluding hydrogens is 309 g/mol. The van der Waals surface area contributed by atoms with E-state index in [1.54, 1.807) is 42.5 Å². The van der Waals surface area contributed by atoms with Gasteiger partial charge in [0.15, 0.2) is 0 Å². The lowest BCUT2D eigenvalue weighted by Crippen LogP contribution is -2.29. The molecule has 0 aliphatic carbocycles. The van der Waals surface area contributed by atoms with Gasteiger partial charge in [-0.3, -0.25) is 4.79 Å². The molecule has 0 unspecified atom stereocenters. The molecule has 2 rings (SSSR count). The normalized spacial score (nSPS) is 10.5. The molecule has 0 radical (unpaired) electrons. The first-order chi connectivity index (χ1) is 9.94. The lowest BCUT2D eigenvalue weighted by Gasteiger charge is -2.10. The number of hydrogen-bond donors (Lipinski definition) is 1. The topological polar surface area (TPSA) is 38.3 Å². The molecule has 1 amide bonds. The van der Waals surface area contributed by atoms with Crippen molar-refractivity contribution in [3.05, 3.63) is 58.1 Å². The fourth-order valence-corrected chi connectivity index (χ4v) is 2.28. The Morgan fingerprint density at radius 1 is 1.05 bits per heavy atom. The maximum Gasteiger partial charge on any atom is 0.251 e. The Bertz CT molecular complexity index is 636. The molecular formula is C16H15Cl2NO2. The zero-order chi connectivity index (χ0) is 15.4. The van der Waals surface area contributed by atoms with Crippen LogP contribution in [0, 0.1) is 0 Å². The average molecular weight is 324 g/mol. The van der Waals surface area contributed by atoms with Crippen LogP contribution in [0.5, 0.6) is 11.5 Å². The van der Waals surface area contributed by atoms with Crippen LogP contribution in [0.15, 0.2) is 42.5 Å². The fraction of sp³-hybridized carbons (Fsp3) is 0.188. The van der Waals surface area contributed by atoms with E-state index >= 15 is 0 Å². The highest BCUT2D eigenvalue weighted by Gasteiger charge is 2.08. The minimum Gasteiger partial charge on any atom is -0.457 e. The fourth-order valence-electron chi connectivity index (χ4n) is 1.77.